The zero-order valence-corrected chi connectivity index (χ0v) is 7.49. The Morgan fingerprint density at radius 3 is 2.15 bits per heavy atom. The van der Waals surface area contributed by atoms with Crippen molar-refractivity contribution in [1.29, 1.82) is 0 Å². The van der Waals surface area contributed by atoms with E-state index in [-0.39, 0.29) is 11.5 Å². The van der Waals surface area contributed by atoms with Crippen molar-refractivity contribution in [2.45, 2.75) is 12.5 Å². The van der Waals surface area contributed by atoms with Crippen LogP contribution in [0.2, 0.25) is 0 Å². The minimum atomic E-state index is -0.740. The first kappa shape index (κ1) is 9.61. The molecular formula is C10H13NO2. The molecule has 3 nitrogen and oxygen atoms in total. The van der Waals surface area contributed by atoms with Gasteiger partial charge in [-0.25, -0.2) is 0 Å². The molecule has 4 N–H and O–H groups in total. The molecule has 1 rings (SSSR count). The lowest BCUT2D eigenvalue weighted by molar-refractivity contribution is 0.446. The number of benzene rings is 1. The number of nitrogens with two attached hydrogens (primary N) is 1. The maximum atomic E-state index is 9.20. The van der Waals surface area contributed by atoms with Gasteiger partial charge in [-0.05, 0) is 24.6 Å². The number of phenols is 2. The van der Waals surface area contributed by atoms with Gasteiger partial charge in [0.25, 0.3) is 0 Å². The van der Waals surface area contributed by atoms with Gasteiger partial charge < -0.3 is 15.9 Å². The van der Waals surface area contributed by atoms with Crippen LogP contribution < -0.4 is 5.73 Å². The molecule has 0 aliphatic carbocycles. The smallest absolute Gasteiger partial charge is 0.119 e. The van der Waals surface area contributed by atoms with Crippen LogP contribution in [0.15, 0.2) is 30.9 Å². The highest BCUT2D eigenvalue weighted by atomic mass is 16.3. The van der Waals surface area contributed by atoms with E-state index in [0.29, 0.717) is 5.56 Å². The topological polar surface area (TPSA) is 66.5 Å². The molecule has 0 radical (unpaired) electrons. The minimum Gasteiger partial charge on any atom is -0.508 e. The molecule has 0 unspecified atom stereocenters. The Kier molecular flexibility index (Phi) is 2.30. The first-order valence-corrected chi connectivity index (χ1v) is 3.91. The molecule has 0 heterocycles. The first-order valence-electron chi connectivity index (χ1n) is 3.91. The second-order valence-corrected chi connectivity index (χ2v) is 3.22. The molecule has 0 aliphatic heterocycles. The van der Waals surface area contributed by atoms with Crippen LogP contribution in [0, 0.1) is 0 Å². The molecule has 0 aliphatic rings. The molecule has 0 bridgehead atoms. The summed E-state index contributed by atoms with van der Waals surface area (Å²) in [6.07, 6.45) is 1.56. The molecule has 0 aromatic heterocycles. The summed E-state index contributed by atoms with van der Waals surface area (Å²) in [6, 6.07) is 4.26. The van der Waals surface area contributed by atoms with E-state index in [4.69, 9.17) is 5.73 Å². The lowest BCUT2D eigenvalue weighted by atomic mass is 9.93. The van der Waals surface area contributed by atoms with Gasteiger partial charge in [0, 0.05) is 6.07 Å². The molecular weight excluding hydrogens is 166 g/mol. The van der Waals surface area contributed by atoms with Crippen LogP contribution in [0.5, 0.6) is 11.5 Å². The average molecular weight is 179 g/mol. The van der Waals surface area contributed by atoms with Gasteiger partial charge >= 0.3 is 0 Å². The van der Waals surface area contributed by atoms with E-state index in [2.05, 4.69) is 6.58 Å². The third-order valence-corrected chi connectivity index (χ3v) is 1.95. The zero-order valence-electron chi connectivity index (χ0n) is 7.49. The van der Waals surface area contributed by atoms with Crippen LogP contribution in [-0.4, -0.2) is 10.2 Å². The van der Waals surface area contributed by atoms with E-state index in [0.717, 1.165) is 0 Å². The summed E-state index contributed by atoms with van der Waals surface area (Å²) in [5, 5.41) is 18.4. The molecule has 3 heteroatoms. The molecule has 1 aromatic carbocycles. The van der Waals surface area contributed by atoms with Crippen molar-refractivity contribution in [3.8, 4) is 11.5 Å². The first-order chi connectivity index (χ1) is 5.95. The molecule has 0 amide bonds. The van der Waals surface area contributed by atoms with Gasteiger partial charge in [-0.2, -0.15) is 0 Å². The largest absolute Gasteiger partial charge is 0.508 e. The molecule has 0 saturated carbocycles. The third kappa shape index (κ3) is 2.00. The van der Waals surface area contributed by atoms with Crippen molar-refractivity contribution in [2.75, 3.05) is 0 Å². The Bertz CT molecular complexity index is 311. The summed E-state index contributed by atoms with van der Waals surface area (Å²) in [6.45, 7) is 5.32. The van der Waals surface area contributed by atoms with Gasteiger partial charge in [0.05, 0.1) is 5.54 Å². The van der Waals surface area contributed by atoms with Crippen molar-refractivity contribution in [2.24, 2.45) is 5.73 Å². The fourth-order valence-electron chi connectivity index (χ4n) is 1.02. The summed E-state index contributed by atoms with van der Waals surface area (Å²) in [5.41, 5.74) is 5.72. The number of phenolic OH excluding ortho intramolecular Hbond substituents is 2. The molecule has 0 fully saturated rings. The lowest BCUT2D eigenvalue weighted by Gasteiger charge is -2.20. The van der Waals surface area contributed by atoms with E-state index in [1.807, 2.05) is 0 Å². The summed E-state index contributed by atoms with van der Waals surface area (Å²) >= 11 is 0. The van der Waals surface area contributed by atoms with Crippen molar-refractivity contribution in [3.63, 3.8) is 0 Å². The number of hydrogen-bond donors (Lipinski definition) is 3. The highest BCUT2D eigenvalue weighted by Crippen LogP contribution is 2.27. The van der Waals surface area contributed by atoms with Crippen LogP contribution in [0.4, 0.5) is 0 Å². The van der Waals surface area contributed by atoms with Crippen LogP contribution in [-0.2, 0) is 5.54 Å². The van der Waals surface area contributed by atoms with Crippen molar-refractivity contribution < 1.29 is 10.2 Å². The lowest BCUT2D eigenvalue weighted by Crippen LogP contribution is -2.29. The van der Waals surface area contributed by atoms with Gasteiger partial charge in [-0.15, -0.1) is 6.58 Å². The van der Waals surface area contributed by atoms with Gasteiger partial charge in [-0.3, -0.25) is 0 Å². The minimum absolute atomic E-state index is 0.00600. The van der Waals surface area contributed by atoms with Crippen molar-refractivity contribution >= 4 is 0 Å². The molecule has 1 aromatic rings. The standard InChI is InChI=1S/C10H13NO2/c1-3-10(2,11)7-4-8(12)6-9(13)5-7/h3-6,12-13H,1,11H2,2H3/t10-/m0/s1. The van der Waals surface area contributed by atoms with E-state index in [1.54, 1.807) is 13.0 Å². The zero-order chi connectivity index (χ0) is 10.1. The average Bonchev–Trinajstić information content (AvgIpc) is 2.02. The van der Waals surface area contributed by atoms with E-state index >= 15 is 0 Å². The molecule has 1 atom stereocenters. The van der Waals surface area contributed by atoms with E-state index in [9.17, 15) is 10.2 Å². The van der Waals surface area contributed by atoms with Crippen LogP contribution in [0.25, 0.3) is 0 Å². The molecule has 0 spiro atoms. The van der Waals surface area contributed by atoms with Gasteiger partial charge in [0.1, 0.15) is 11.5 Å². The Morgan fingerprint density at radius 1 is 1.31 bits per heavy atom. The number of rotatable bonds is 2. The number of hydrogen-bond acceptors (Lipinski definition) is 3. The van der Waals surface area contributed by atoms with Crippen molar-refractivity contribution in [1.82, 2.24) is 0 Å². The Hall–Kier alpha value is -1.48. The highest BCUT2D eigenvalue weighted by molar-refractivity contribution is 5.41. The Balaban J connectivity index is 3.22. The third-order valence-electron chi connectivity index (χ3n) is 1.95. The van der Waals surface area contributed by atoms with Gasteiger partial charge in [0.15, 0.2) is 0 Å². The molecule has 0 saturated heterocycles. The van der Waals surface area contributed by atoms with E-state index < -0.39 is 5.54 Å². The maximum absolute atomic E-state index is 9.20. The normalized spacial score (nSPS) is 14.9. The van der Waals surface area contributed by atoms with Crippen LogP contribution >= 0.6 is 0 Å². The molecule has 13 heavy (non-hydrogen) atoms. The summed E-state index contributed by atoms with van der Waals surface area (Å²) in [7, 11) is 0. The second kappa shape index (κ2) is 3.11. The van der Waals surface area contributed by atoms with Crippen LogP contribution in [0.3, 0.4) is 0 Å². The Morgan fingerprint density at radius 2 is 1.77 bits per heavy atom. The highest BCUT2D eigenvalue weighted by Gasteiger charge is 2.17. The van der Waals surface area contributed by atoms with Crippen LogP contribution in [0.1, 0.15) is 12.5 Å². The Labute approximate surface area is 77.1 Å². The fourth-order valence-corrected chi connectivity index (χ4v) is 1.02. The number of aromatic hydroxyl groups is 2. The molecule has 70 valence electrons. The van der Waals surface area contributed by atoms with Crippen molar-refractivity contribution in [3.05, 3.63) is 36.4 Å². The SMILES string of the molecule is C=C[C@](C)(N)c1cc(O)cc(O)c1. The van der Waals surface area contributed by atoms with Gasteiger partial charge in [-0.1, -0.05) is 6.08 Å². The van der Waals surface area contributed by atoms with E-state index in [1.165, 1.54) is 18.2 Å². The predicted octanol–water partition coefficient (Wildman–Crippen LogP) is 1.46. The van der Waals surface area contributed by atoms with Gasteiger partial charge in [0.2, 0.25) is 0 Å². The fraction of sp³-hybridized carbons (Fsp3) is 0.200. The quantitative estimate of drug-likeness (QED) is 0.602. The summed E-state index contributed by atoms with van der Waals surface area (Å²) < 4.78 is 0. The summed E-state index contributed by atoms with van der Waals surface area (Å²) in [5.74, 6) is -0.0120. The predicted molar refractivity (Wildman–Crippen MR) is 51.5 cm³/mol. The second-order valence-electron chi connectivity index (χ2n) is 3.22. The monoisotopic (exact) mass is 179 g/mol. The maximum Gasteiger partial charge on any atom is 0.119 e. The summed E-state index contributed by atoms with van der Waals surface area (Å²) in [4.78, 5) is 0.